The van der Waals surface area contributed by atoms with Crippen LogP contribution in [0.15, 0.2) is 46.0 Å². The van der Waals surface area contributed by atoms with Gasteiger partial charge in [-0.15, -0.1) is 0 Å². The molecular formula is C30H46O6. The average Bonchev–Trinajstić information content (AvgIpc) is 3.31. The van der Waals surface area contributed by atoms with Gasteiger partial charge in [0, 0.05) is 35.2 Å². The van der Waals surface area contributed by atoms with Crippen LogP contribution in [0.3, 0.4) is 0 Å². The van der Waals surface area contributed by atoms with Crippen LogP contribution in [0.5, 0.6) is 0 Å². The summed E-state index contributed by atoms with van der Waals surface area (Å²) in [6.07, 6.45) is 6.58. The van der Waals surface area contributed by atoms with Crippen molar-refractivity contribution in [3.63, 3.8) is 0 Å². The second-order valence-corrected chi connectivity index (χ2v) is 11.7. The highest BCUT2D eigenvalue weighted by Crippen LogP contribution is 2.44. The molecule has 202 valence electrons. The summed E-state index contributed by atoms with van der Waals surface area (Å²) in [4.78, 5) is 12.7. The maximum Gasteiger partial charge on any atom is 0.227 e. The zero-order chi connectivity index (χ0) is 26.7. The molecule has 3 rings (SSSR count). The highest BCUT2D eigenvalue weighted by molar-refractivity contribution is 6.10. The van der Waals surface area contributed by atoms with E-state index in [9.17, 15) is 20.1 Å². The Kier molecular flexibility index (Phi) is 9.64. The van der Waals surface area contributed by atoms with Gasteiger partial charge in [-0.2, -0.15) is 0 Å². The van der Waals surface area contributed by atoms with Crippen LogP contribution in [0.1, 0.15) is 74.1 Å². The highest BCUT2D eigenvalue weighted by Gasteiger charge is 2.46. The van der Waals surface area contributed by atoms with E-state index in [1.165, 1.54) is 5.57 Å². The van der Waals surface area contributed by atoms with Gasteiger partial charge >= 0.3 is 0 Å². The minimum Gasteiger partial charge on any atom is -0.504 e. The van der Waals surface area contributed by atoms with Crippen LogP contribution in [-0.4, -0.2) is 52.6 Å². The smallest absolute Gasteiger partial charge is 0.227 e. The molecule has 0 bridgehead atoms. The lowest BCUT2D eigenvalue weighted by Crippen LogP contribution is -2.50. The second kappa shape index (κ2) is 12.1. The molecule has 2 heterocycles. The molecule has 3 aliphatic rings. The van der Waals surface area contributed by atoms with Crippen LogP contribution in [0, 0.1) is 29.6 Å². The molecule has 0 saturated carbocycles. The quantitative estimate of drug-likeness (QED) is 0.345. The average molecular weight is 503 g/mol. The van der Waals surface area contributed by atoms with Gasteiger partial charge in [0.05, 0.1) is 18.3 Å². The standard InChI is InChI=1S/C30H46O6/c1-16(12-17(2)13-18(3)14-19(4)15-31)8-9-24-20(5)26(32)21(6)30(36-24)25-23-10-11-35-29(23)22(7)27(33)28(25)34/h10,12,16,18-21,24,26,30-32,34H,8-9,11,13-15H2,1-7H3/b17-12+/t16-,18+,19-,20-,21+,24-,26-,30-/m0/s1. The van der Waals surface area contributed by atoms with Gasteiger partial charge in [-0.3, -0.25) is 4.79 Å². The van der Waals surface area contributed by atoms with Gasteiger partial charge in [0.25, 0.3) is 0 Å². The zero-order valence-electron chi connectivity index (χ0n) is 23.1. The lowest BCUT2D eigenvalue weighted by Gasteiger charge is -2.44. The number of hydrogen-bond donors (Lipinski definition) is 3. The Labute approximate surface area is 216 Å². The second-order valence-electron chi connectivity index (χ2n) is 11.7. The number of ether oxygens (including phenoxy) is 2. The molecule has 6 nitrogen and oxygen atoms in total. The normalized spacial score (nSPS) is 31.7. The van der Waals surface area contributed by atoms with E-state index < -0.39 is 18.0 Å². The van der Waals surface area contributed by atoms with E-state index in [1.807, 2.05) is 19.9 Å². The summed E-state index contributed by atoms with van der Waals surface area (Å²) in [5.74, 6) is 0.692. The van der Waals surface area contributed by atoms with Gasteiger partial charge in [0.1, 0.15) is 12.4 Å². The van der Waals surface area contributed by atoms with E-state index >= 15 is 0 Å². The molecule has 36 heavy (non-hydrogen) atoms. The molecule has 0 aromatic rings. The topological polar surface area (TPSA) is 96.2 Å². The Hall–Kier alpha value is -1.89. The van der Waals surface area contributed by atoms with Gasteiger partial charge in [-0.1, -0.05) is 46.3 Å². The number of hydrogen-bond acceptors (Lipinski definition) is 6. The van der Waals surface area contributed by atoms with Crippen molar-refractivity contribution in [2.24, 2.45) is 29.6 Å². The minimum atomic E-state index is -0.607. The van der Waals surface area contributed by atoms with Crippen molar-refractivity contribution in [3.05, 3.63) is 46.0 Å². The van der Waals surface area contributed by atoms with Gasteiger partial charge < -0.3 is 24.8 Å². The zero-order valence-corrected chi connectivity index (χ0v) is 23.1. The summed E-state index contributed by atoms with van der Waals surface area (Å²) in [5, 5.41) is 31.3. The lowest BCUT2D eigenvalue weighted by atomic mass is 9.75. The molecule has 1 fully saturated rings. The summed E-state index contributed by atoms with van der Waals surface area (Å²) < 4.78 is 12.2. The molecule has 6 heteroatoms. The first-order chi connectivity index (χ1) is 17.0. The van der Waals surface area contributed by atoms with Crippen molar-refractivity contribution >= 4 is 5.78 Å². The first-order valence-electron chi connectivity index (χ1n) is 13.6. The Morgan fingerprint density at radius 1 is 1.19 bits per heavy atom. The summed E-state index contributed by atoms with van der Waals surface area (Å²) in [6.45, 7) is 14.9. The van der Waals surface area contributed by atoms with Crippen LogP contribution < -0.4 is 0 Å². The Bertz CT molecular complexity index is 941. The van der Waals surface area contributed by atoms with Crippen molar-refractivity contribution in [2.45, 2.75) is 92.5 Å². The largest absolute Gasteiger partial charge is 0.504 e. The molecule has 2 aliphatic heterocycles. The lowest BCUT2D eigenvalue weighted by molar-refractivity contribution is -0.153. The molecule has 0 aromatic carbocycles. The number of carbonyl (C=O) groups is 1. The minimum absolute atomic E-state index is 0.0545. The molecule has 0 amide bonds. The van der Waals surface area contributed by atoms with Crippen molar-refractivity contribution < 1.29 is 29.6 Å². The predicted molar refractivity (Wildman–Crippen MR) is 141 cm³/mol. The van der Waals surface area contributed by atoms with Crippen LogP contribution in [-0.2, 0) is 14.3 Å². The van der Waals surface area contributed by atoms with Crippen LogP contribution in [0.4, 0.5) is 0 Å². The van der Waals surface area contributed by atoms with Crippen LogP contribution in [0.25, 0.3) is 0 Å². The van der Waals surface area contributed by atoms with Crippen molar-refractivity contribution in [3.8, 4) is 0 Å². The summed E-state index contributed by atoms with van der Waals surface area (Å²) in [5.41, 5.74) is 2.95. The Morgan fingerprint density at radius 3 is 2.56 bits per heavy atom. The first-order valence-corrected chi connectivity index (χ1v) is 13.6. The van der Waals surface area contributed by atoms with Gasteiger partial charge in [-0.25, -0.2) is 0 Å². The SMILES string of the molecule is CC1=C2OCC=C2C([C@H]2O[C@@H](CC[C@H](C)/C=C(\C)C[C@@H](C)C[C@H](C)CO)[C@H](C)[C@H](O)[C@H]2C)=C(O)C1=O. The number of ketones is 1. The van der Waals surface area contributed by atoms with Gasteiger partial charge in [0.15, 0.2) is 5.76 Å². The number of Topliss-reactive ketones (excluding diaryl/α,β-unsaturated/α-hetero) is 1. The summed E-state index contributed by atoms with van der Waals surface area (Å²) >= 11 is 0. The van der Waals surface area contributed by atoms with Gasteiger partial charge in [0.2, 0.25) is 5.78 Å². The monoisotopic (exact) mass is 502 g/mol. The molecule has 0 spiro atoms. The van der Waals surface area contributed by atoms with E-state index in [4.69, 9.17) is 9.47 Å². The third kappa shape index (κ3) is 6.15. The molecule has 1 saturated heterocycles. The molecule has 0 aromatic heterocycles. The maximum absolute atomic E-state index is 12.7. The number of fused-ring (bicyclic) bond motifs is 1. The fourth-order valence-electron chi connectivity index (χ4n) is 6.17. The third-order valence-corrected chi connectivity index (χ3v) is 8.21. The van der Waals surface area contributed by atoms with E-state index in [-0.39, 0.29) is 30.3 Å². The third-order valence-electron chi connectivity index (χ3n) is 8.21. The van der Waals surface area contributed by atoms with E-state index in [2.05, 4.69) is 33.8 Å². The van der Waals surface area contributed by atoms with Gasteiger partial charge in [-0.05, 0) is 63.4 Å². The fourth-order valence-corrected chi connectivity index (χ4v) is 6.17. The van der Waals surface area contributed by atoms with Crippen molar-refractivity contribution in [2.75, 3.05) is 13.2 Å². The molecule has 0 radical (unpaired) electrons. The Morgan fingerprint density at radius 2 is 1.89 bits per heavy atom. The number of carbonyl (C=O) groups excluding carboxylic acids is 1. The van der Waals surface area contributed by atoms with Crippen molar-refractivity contribution in [1.82, 2.24) is 0 Å². The first kappa shape index (κ1) is 28.7. The molecular weight excluding hydrogens is 456 g/mol. The summed E-state index contributed by atoms with van der Waals surface area (Å²) in [7, 11) is 0. The molecule has 1 aliphatic carbocycles. The van der Waals surface area contributed by atoms with Crippen LogP contribution >= 0.6 is 0 Å². The molecule has 3 N–H and O–H groups in total. The van der Waals surface area contributed by atoms with Crippen LogP contribution in [0.2, 0.25) is 0 Å². The molecule has 0 unspecified atom stereocenters. The highest BCUT2D eigenvalue weighted by atomic mass is 16.5. The number of aliphatic hydroxyl groups is 3. The van der Waals surface area contributed by atoms with Crippen molar-refractivity contribution in [1.29, 1.82) is 0 Å². The maximum atomic E-state index is 12.7. The van der Waals surface area contributed by atoms with E-state index in [0.29, 0.717) is 41.3 Å². The Balaban J connectivity index is 1.69. The predicted octanol–water partition coefficient (Wildman–Crippen LogP) is 5.42. The molecule has 8 atom stereocenters. The van der Waals surface area contributed by atoms with E-state index in [0.717, 1.165) is 31.3 Å². The van der Waals surface area contributed by atoms with E-state index in [1.54, 1.807) is 6.92 Å². The number of allylic oxidation sites excluding steroid dienone is 4. The number of rotatable bonds is 10. The summed E-state index contributed by atoms with van der Waals surface area (Å²) in [6, 6.07) is 0. The fraction of sp³-hybridized carbons (Fsp3) is 0.700. The number of aliphatic hydroxyl groups excluding tert-OH is 3.